The van der Waals surface area contributed by atoms with Crippen LogP contribution in [-0.2, 0) is 11.2 Å². The molecule has 108 valence electrons. The average molecular weight is 395 g/mol. The van der Waals surface area contributed by atoms with Crippen molar-refractivity contribution >= 4 is 39.2 Å². The fraction of sp³-hybridized carbons (Fsp3) is 0.214. The first kappa shape index (κ1) is 14.2. The third-order valence-corrected chi connectivity index (χ3v) is 4.13. The summed E-state index contributed by atoms with van der Waals surface area (Å²) in [6.45, 7) is 0.584. The van der Waals surface area contributed by atoms with Crippen molar-refractivity contribution in [2.24, 2.45) is 0 Å². The number of anilines is 1. The average Bonchev–Trinajstić information content (AvgIpc) is 3.02. The summed E-state index contributed by atoms with van der Waals surface area (Å²) in [4.78, 5) is 13.2. The van der Waals surface area contributed by atoms with Gasteiger partial charge in [-0.25, -0.2) is 15.0 Å². The lowest BCUT2D eigenvalue weighted by atomic mass is 10.1. The molecule has 7 heteroatoms. The normalized spacial score (nSPS) is 11.1. The Morgan fingerprint density at radius 2 is 2.19 bits per heavy atom. The number of imidazole rings is 1. The maximum atomic E-state index is 6.21. The molecular formula is C14H14IN5O. The number of hydrogen-bond donors (Lipinski definition) is 1. The summed E-state index contributed by atoms with van der Waals surface area (Å²) in [5.74, 6) is 0.590. The summed E-state index contributed by atoms with van der Waals surface area (Å²) in [5.41, 5.74) is 8.65. The number of nitrogen functional groups attached to an aromatic ring is 1. The summed E-state index contributed by atoms with van der Waals surface area (Å²) < 4.78 is 7.95. The molecule has 0 aliphatic heterocycles. The van der Waals surface area contributed by atoms with Crippen LogP contribution in [0.2, 0.25) is 0 Å². The molecule has 0 unspecified atom stereocenters. The standard InChI is InChI=1S/C14H14IN5O/c1-21-7-4-11-12-10(3-2-9(15)13(12)16)18-14(19-11)20-6-5-17-8-20/h2-3,5-6,8H,4,7,16H2,1H3. The van der Waals surface area contributed by atoms with E-state index in [0.29, 0.717) is 19.0 Å². The van der Waals surface area contributed by atoms with Crippen LogP contribution in [0.3, 0.4) is 0 Å². The highest BCUT2D eigenvalue weighted by Gasteiger charge is 2.13. The Kier molecular flexibility index (Phi) is 4.02. The zero-order valence-corrected chi connectivity index (χ0v) is 13.6. The Morgan fingerprint density at radius 3 is 2.90 bits per heavy atom. The smallest absolute Gasteiger partial charge is 0.235 e. The summed E-state index contributed by atoms with van der Waals surface area (Å²) in [6, 6.07) is 3.93. The van der Waals surface area contributed by atoms with E-state index in [9.17, 15) is 0 Å². The van der Waals surface area contributed by atoms with Crippen molar-refractivity contribution in [3.63, 3.8) is 0 Å². The van der Waals surface area contributed by atoms with Gasteiger partial charge < -0.3 is 10.5 Å². The SMILES string of the molecule is COCCc1nc(-n2ccnc2)nc2ccc(I)c(N)c12. The number of nitrogens with zero attached hydrogens (tertiary/aromatic N) is 4. The van der Waals surface area contributed by atoms with Crippen molar-refractivity contribution in [1.82, 2.24) is 19.5 Å². The van der Waals surface area contributed by atoms with Gasteiger partial charge in [-0.1, -0.05) is 0 Å². The zero-order chi connectivity index (χ0) is 14.8. The minimum atomic E-state index is 0.584. The molecule has 0 amide bonds. The number of fused-ring (bicyclic) bond motifs is 1. The van der Waals surface area contributed by atoms with Crippen LogP contribution in [0.5, 0.6) is 0 Å². The molecule has 1 aromatic carbocycles. The first-order valence-electron chi connectivity index (χ1n) is 6.42. The van der Waals surface area contributed by atoms with Crippen molar-refractivity contribution in [1.29, 1.82) is 0 Å². The van der Waals surface area contributed by atoms with Crippen molar-refractivity contribution in [2.75, 3.05) is 19.5 Å². The third-order valence-electron chi connectivity index (χ3n) is 3.19. The van der Waals surface area contributed by atoms with Gasteiger partial charge in [-0.05, 0) is 34.7 Å². The number of hydrogen-bond acceptors (Lipinski definition) is 5. The number of rotatable bonds is 4. The summed E-state index contributed by atoms with van der Waals surface area (Å²) >= 11 is 2.22. The van der Waals surface area contributed by atoms with Crippen LogP contribution in [0.25, 0.3) is 16.9 Å². The lowest BCUT2D eigenvalue weighted by molar-refractivity contribution is 0.201. The van der Waals surface area contributed by atoms with Crippen LogP contribution < -0.4 is 5.73 Å². The molecule has 0 aliphatic carbocycles. The van der Waals surface area contributed by atoms with E-state index in [-0.39, 0.29) is 0 Å². The van der Waals surface area contributed by atoms with E-state index in [2.05, 4.69) is 37.5 Å². The topological polar surface area (TPSA) is 78.8 Å². The van der Waals surface area contributed by atoms with E-state index in [4.69, 9.17) is 10.5 Å². The second-order valence-corrected chi connectivity index (χ2v) is 5.70. The van der Waals surface area contributed by atoms with Gasteiger partial charge in [0, 0.05) is 34.9 Å². The zero-order valence-electron chi connectivity index (χ0n) is 11.5. The quantitative estimate of drug-likeness (QED) is 0.541. The Balaban J connectivity index is 2.24. The molecule has 0 aliphatic rings. The van der Waals surface area contributed by atoms with Gasteiger partial charge in [-0.15, -0.1) is 0 Å². The van der Waals surface area contributed by atoms with E-state index < -0.39 is 0 Å². The summed E-state index contributed by atoms with van der Waals surface area (Å²) in [7, 11) is 1.67. The minimum Gasteiger partial charge on any atom is -0.397 e. The predicted molar refractivity (Wildman–Crippen MR) is 89.4 cm³/mol. The van der Waals surface area contributed by atoms with Gasteiger partial charge in [0.05, 0.1) is 23.5 Å². The Morgan fingerprint density at radius 1 is 1.33 bits per heavy atom. The number of ether oxygens (including phenoxy) is 1. The maximum absolute atomic E-state index is 6.21. The number of aromatic nitrogens is 4. The fourth-order valence-corrected chi connectivity index (χ4v) is 2.61. The van der Waals surface area contributed by atoms with Gasteiger partial charge in [-0.2, -0.15) is 0 Å². The van der Waals surface area contributed by atoms with Crippen LogP contribution in [0, 0.1) is 3.57 Å². The van der Waals surface area contributed by atoms with Gasteiger partial charge in [0.25, 0.3) is 0 Å². The van der Waals surface area contributed by atoms with Crippen molar-refractivity contribution in [2.45, 2.75) is 6.42 Å². The molecule has 0 atom stereocenters. The third kappa shape index (κ3) is 2.70. The molecule has 0 radical (unpaired) electrons. The first-order valence-corrected chi connectivity index (χ1v) is 7.50. The van der Waals surface area contributed by atoms with Gasteiger partial charge in [0.15, 0.2) is 0 Å². The molecule has 0 saturated heterocycles. The van der Waals surface area contributed by atoms with Crippen LogP contribution in [0.4, 0.5) is 5.69 Å². The molecule has 0 saturated carbocycles. The Bertz CT molecular complexity index is 773. The number of methoxy groups -OCH3 is 1. The largest absolute Gasteiger partial charge is 0.397 e. The highest BCUT2D eigenvalue weighted by molar-refractivity contribution is 14.1. The molecule has 0 bridgehead atoms. The maximum Gasteiger partial charge on any atom is 0.235 e. The molecule has 2 aromatic heterocycles. The van der Waals surface area contributed by atoms with Gasteiger partial charge >= 0.3 is 0 Å². The van der Waals surface area contributed by atoms with Crippen LogP contribution in [-0.4, -0.2) is 33.2 Å². The van der Waals surface area contributed by atoms with Gasteiger partial charge in [0.1, 0.15) is 6.33 Å². The second kappa shape index (κ2) is 5.94. The van der Waals surface area contributed by atoms with E-state index in [1.165, 1.54) is 0 Å². The molecule has 0 spiro atoms. The lowest BCUT2D eigenvalue weighted by Crippen LogP contribution is -2.07. The number of benzene rings is 1. The van der Waals surface area contributed by atoms with Crippen molar-refractivity contribution in [3.8, 4) is 5.95 Å². The van der Waals surface area contributed by atoms with Crippen LogP contribution >= 0.6 is 22.6 Å². The number of halogens is 1. The van der Waals surface area contributed by atoms with Gasteiger partial charge in [0.2, 0.25) is 5.95 Å². The molecule has 0 fully saturated rings. The van der Waals surface area contributed by atoms with Crippen molar-refractivity contribution < 1.29 is 4.74 Å². The van der Waals surface area contributed by atoms with E-state index in [1.807, 2.05) is 18.3 Å². The molecule has 6 nitrogen and oxygen atoms in total. The molecule has 2 N–H and O–H groups in total. The lowest BCUT2D eigenvalue weighted by Gasteiger charge is -2.11. The van der Waals surface area contributed by atoms with E-state index >= 15 is 0 Å². The minimum absolute atomic E-state index is 0.584. The highest BCUT2D eigenvalue weighted by Crippen LogP contribution is 2.28. The van der Waals surface area contributed by atoms with Crippen LogP contribution in [0.15, 0.2) is 30.9 Å². The van der Waals surface area contributed by atoms with Gasteiger partial charge in [-0.3, -0.25) is 4.57 Å². The molecule has 21 heavy (non-hydrogen) atoms. The number of nitrogens with two attached hydrogens (primary N) is 1. The molecule has 2 heterocycles. The van der Waals surface area contributed by atoms with E-state index in [0.717, 1.165) is 25.9 Å². The fourth-order valence-electron chi connectivity index (χ4n) is 2.16. The summed E-state index contributed by atoms with van der Waals surface area (Å²) in [5, 5.41) is 0.905. The molecule has 3 aromatic rings. The molecule has 3 rings (SSSR count). The second-order valence-electron chi connectivity index (χ2n) is 4.54. The first-order chi connectivity index (χ1) is 10.2. The van der Waals surface area contributed by atoms with E-state index in [1.54, 1.807) is 24.2 Å². The predicted octanol–water partition coefficient (Wildman–Crippen LogP) is 2.19. The Hall–Kier alpha value is -1.74. The molecular weight excluding hydrogens is 381 g/mol. The Labute approximate surface area is 135 Å². The van der Waals surface area contributed by atoms with Crippen molar-refractivity contribution in [3.05, 3.63) is 40.1 Å². The van der Waals surface area contributed by atoms with Crippen LogP contribution in [0.1, 0.15) is 5.69 Å². The summed E-state index contributed by atoms with van der Waals surface area (Å²) in [6.07, 6.45) is 5.88. The highest BCUT2D eigenvalue weighted by atomic mass is 127. The monoisotopic (exact) mass is 395 g/mol.